The highest BCUT2D eigenvalue weighted by Gasteiger charge is 2.32. The summed E-state index contributed by atoms with van der Waals surface area (Å²) < 4.78 is 5.32. The average Bonchev–Trinajstić information content (AvgIpc) is 3.12. The molecule has 0 saturated heterocycles. The summed E-state index contributed by atoms with van der Waals surface area (Å²) in [5.74, 6) is 0.180. The van der Waals surface area contributed by atoms with E-state index in [-0.39, 0.29) is 11.9 Å². The van der Waals surface area contributed by atoms with Gasteiger partial charge in [0, 0.05) is 5.56 Å². The van der Waals surface area contributed by atoms with Gasteiger partial charge in [0.2, 0.25) is 0 Å². The molecule has 0 radical (unpaired) electrons. The average molecular weight is 242 g/mol. The molecule has 4 nitrogen and oxygen atoms in total. The zero-order valence-electron chi connectivity index (χ0n) is 9.98. The van der Waals surface area contributed by atoms with Gasteiger partial charge in [-0.25, -0.2) is 0 Å². The lowest BCUT2D eigenvalue weighted by Gasteiger charge is -2.10. The molecular formula is C14H14N2O2. The molecule has 2 aliphatic rings. The maximum atomic E-state index is 12.0. The molecular weight excluding hydrogens is 228 g/mol. The second-order valence-corrected chi connectivity index (χ2v) is 4.89. The highest BCUT2D eigenvalue weighted by Crippen LogP contribution is 2.32. The predicted molar refractivity (Wildman–Crippen MR) is 64.5 cm³/mol. The maximum absolute atomic E-state index is 12.0. The Morgan fingerprint density at radius 2 is 2.17 bits per heavy atom. The fourth-order valence-corrected chi connectivity index (χ4v) is 2.22. The van der Waals surface area contributed by atoms with Crippen LogP contribution in [0.25, 0.3) is 0 Å². The molecule has 1 heterocycles. The van der Waals surface area contributed by atoms with Crippen LogP contribution in [0.5, 0.6) is 0 Å². The van der Waals surface area contributed by atoms with Crippen LogP contribution in [-0.4, -0.2) is 11.9 Å². The molecule has 1 aliphatic carbocycles. The molecule has 1 saturated carbocycles. The van der Waals surface area contributed by atoms with Crippen LogP contribution in [0.15, 0.2) is 18.2 Å². The van der Waals surface area contributed by atoms with Gasteiger partial charge < -0.3 is 10.1 Å². The number of nitrogens with zero attached hydrogens (tertiary/aromatic N) is 1. The zero-order chi connectivity index (χ0) is 12.5. The molecule has 1 unspecified atom stereocenters. The molecule has 92 valence electrons. The third-order valence-electron chi connectivity index (χ3n) is 3.50. The fraction of sp³-hybridized carbons (Fsp3) is 0.429. The lowest BCUT2D eigenvalue weighted by atomic mass is 10.1. The van der Waals surface area contributed by atoms with Crippen LogP contribution in [0.4, 0.5) is 0 Å². The molecule has 1 aromatic rings. The van der Waals surface area contributed by atoms with Crippen molar-refractivity contribution in [2.45, 2.75) is 32.1 Å². The molecule has 1 aromatic carbocycles. The number of carbonyl (C=O) groups is 1. The van der Waals surface area contributed by atoms with E-state index in [0.29, 0.717) is 24.7 Å². The quantitative estimate of drug-likeness (QED) is 0.878. The number of rotatable bonds is 3. The van der Waals surface area contributed by atoms with Crippen LogP contribution < -0.4 is 5.32 Å². The smallest absolute Gasteiger partial charge is 0.252 e. The van der Waals surface area contributed by atoms with Crippen molar-refractivity contribution >= 4 is 5.91 Å². The zero-order valence-corrected chi connectivity index (χ0v) is 9.98. The minimum absolute atomic E-state index is 0.164. The summed E-state index contributed by atoms with van der Waals surface area (Å²) in [4.78, 5) is 12.0. The minimum atomic E-state index is -0.345. The number of ether oxygens (including phenoxy) is 1. The first-order valence-corrected chi connectivity index (χ1v) is 6.18. The molecule has 4 heteroatoms. The van der Waals surface area contributed by atoms with Gasteiger partial charge in [0.15, 0.2) is 0 Å². The first-order valence-electron chi connectivity index (χ1n) is 6.18. The monoisotopic (exact) mass is 242 g/mol. The van der Waals surface area contributed by atoms with Crippen LogP contribution in [0.1, 0.15) is 34.3 Å². The molecule has 1 fully saturated rings. The minimum Gasteiger partial charge on any atom is -0.372 e. The van der Waals surface area contributed by atoms with Crippen molar-refractivity contribution in [1.82, 2.24) is 5.32 Å². The number of hydrogen-bond donors (Lipinski definition) is 1. The number of carbonyl (C=O) groups excluding carboxylic acids is 1. The van der Waals surface area contributed by atoms with Crippen molar-refractivity contribution < 1.29 is 9.53 Å². The summed E-state index contributed by atoms with van der Waals surface area (Å²) >= 11 is 0. The standard InChI is InChI=1S/C14H14N2O2/c15-6-13(9-1-2-9)16-14(17)10-3-4-11-7-18-8-12(11)5-10/h3-5,9,13H,1-2,7-8H2,(H,16,17). The summed E-state index contributed by atoms with van der Waals surface area (Å²) in [6.45, 7) is 1.20. The summed E-state index contributed by atoms with van der Waals surface area (Å²) in [6, 6.07) is 7.40. The molecule has 18 heavy (non-hydrogen) atoms. The molecule has 1 atom stereocenters. The lowest BCUT2D eigenvalue weighted by molar-refractivity contribution is 0.0941. The number of nitriles is 1. The Balaban J connectivity index is 1.74. The van der Waals surface area contributed by atoms with E-state index in [9.17, 15) is 4.79 Å². The SMILES string of the molecule is N#CC(NC(=O)c1ccc2c(c1)COC2)C1CC1. The van der Waals surface area contributed by atoms with Crippen LogP contribution in [0, 0.1) is 17.2 Å². The largest absolute Gasteiger partial charge is 0.372 e. The Labute approximate surface area is 106 Å². The summed E-state index contributed by atoms with van der Waals surface area (Å²) in [6.07, 6.45) is 2.08. The third-order valence-corrected chi connectivity index (χ3v) is 3.50. The summed E-state index contributed by atoms with van der Waals surface area (Å²) in [5, 5.41) is 11.8. The van der Waals surface area contributed by atoms with Crippen LogP contribution in [0.2, 0.25) is 0 Å². The second kappa shape index (κ2) is 4.43. The summed E-state index contributed by atoms with van der Waals surface area (Å²) in [7, 11) is 0. The Morgan fingerprint density at radius 1 is 1.39 bits per heavy atom. The Morgan fingerprint density at radius 3 is 2.89 bits per heavy atom. The highest BCUT2D eigenvalue weighted by molar-refractivity contribution is 5.94. The third kappa shape index (κ3) is 2.09. The maximum Gasteiger partial charge on any atom is 0.252 e. The van der Waals surface area contributed by atoms with E-state index in [1.54, 1.807) is 6.07 Å². The number of nitrogens with one attached hydrogen (secondary N) is 1. The lowest BCUT2D eigenvalue weighted by Crippen LogP contribution is -2.35. The topological polar surface area (TPSA) is 62.1 Å². The van der Waals surface area contributed by atoms with Gasteiger partial charge in [0.1, 0.15) is 6.04 Å². The van der Waals surface area contributed by atoms with Gasteiger partial charge in [-0.3, -0.25) is 4.79 Å². The van der Waals surface area contributed by atoms with Gasteiger partial charge in [-0.2, -0.15) is 5.26 Å². The number of amides is 1. The predicted octanol–water partition coefficient (Wildman–Crippen LogP) is 1.75. The van der Waals surface area contributed by atoms with Gasteiger partial charge in [0.25, 0.3) is 5.91 Å². The molecule has 0 bridgehead atoms. The molecule has 0 spiro atoms. The normalized spacial score (nSPS) is 18.8. The van der Waals surface area contributed by atoms with Crippen molar-refractivity contribution in [2.24, 2.45) is 5.92 Å². The van der Waals surface area contributed by atoms with E-state index < -0.39 is 0 Å². The van der Waals surface area contributed by atoms with Gasteiger partial charge in [-0.15, -0.1) is 0 Å². The second-order valence-electron chi connectivity index (χ2n) is 4.89. The van der Waals surface area contributed by atoms with Crippen molar-refractivity contribution in [3.8, 4) is 6.07 Å². The van der Waals surface area contributed by atoms with Crippen LogP contribution >= 0.6 is 0 Å². The number of fused-ring (bicyclic) bond motifs is 1. The van der Waals surface area contributed by atoms with E-state index in [2.05, 4.69) is 11.4 Å². The van der Waals surface area contributed by atoms with Crippen molar-refractivity contribution in [3.05, 3.63) is 34.9 Å². The molecule has 3 rings (SSSR count). The molecule has 0 aromatic heterocycles. The van der Waals surface area contributed by atoms with Gasteiger partial charge in [-0.05, 0) is 42.0 Å². The van der Waals surface area contributed by atoms with E-state index in [4.69, 9.17) is 10.00 Å². The van der Waals surface area contributed by atoms with Crippen molar-refractivity contribution in [1.29, 1.82) is 5.26 Å². The van der Waals surface area contributed by atoms with Gasteiger partial charge in [-0.1, -0.05) is 6.07 Å². The Bertz CT molecular complexity index is 529. The highest BCUT2D eigenvalue weighted by atomic mass is 16.5. The van der Waals surface area contributed by atoms with E-state index in [1.165, 1.54) is 0 Å². The Hall–Kier alpha value is -1.86. The van der Waals surface area contributed by atoms with Gasteiger partial charge >= 0.3 is 0 Å². The van der Waals surface area contributed by atoms with E-state index in [0.717, 1.165) is 24.0 Å². The molecule has 1 amide bonds. The molecule has 1 N–H and O–H groups in total. The molecule has 1 aliphatic heterocycles. The summed E-state index contributed by atoms with van der Waals surface area (Å²) in [5.41, 5.74) is 2.83. The fourth-order valence-electron chi connectivity index (χ4n) is 2.22. The van der Waals surface area contributed by atoms with Crippen molar-refractivity contribution in [2.75, 3.05) is 0 Å². The first-order chi connectivity index (χ1) is 8.78. The first kappa shape index (κ1) is 11.2. The van der Waals surface area contributed by atoms with Crippen LogP contribution in [0.3, 0.4) is 0 Å². The van der Waals surface area contributed by atoms with Gasteiger partial charge in [0.05, 0.1) is 19.3 Å². The number of benzene rings is 1. The van der Waals surface area contributed by atoms with E-state index >= 15 is 0 Å². The van der Waals surface area contributed by atoms with Crippen molar-refractivity contribution in [3.63, 3.8) is 0 Å². The number of hydrogen-bond acceptors (Lipinski definition) is 3. The van der Waals surface area contributed by atoms with Crippen LogP contribution in [-0.2, 0) is 18.0 Å². The van der Waals surface area contributed by atoms with E-state index in [1.807, 2.05) is 12.1 Å². The Kier molecular flexibility index (Phi) is 2.77.